The van der Waals surface area contributed by atoms with Crippen LogP contribution in [0.15, 0.2) is 24.5 Å². The second kappa shape index (κ2) is 6.77. The number of nitrogens with zero attached hydrogens (tertiary/aromatic N) is 1. The Labute approximate surface area is 136 Å². The van der Waals surface area contributed by atoms with E-state index < -0.39 is 5.97 Å². The normalized spacial score (nSPS) is 12.0. The van der Waals surface area contributed by atoms with Crippen LogP contribution in [0.25, 0.3) is 0 Å². The molecule has 0 fully saturated rings. The topological polar surface area (TPSA) is 63.0 Å². The van der Waals surface area contributed by atoms with Crippen LogP contribution >= 0.6 is 0 Å². The van der Waals surface area contributed by atoms with E-state index in [0.29, 0.717) is 29.1 Å². The minimum absolute atomic E-state index is 0.0602. The number of aromatic amines is 1. The molecule has 0 aliphatic rings. The molecular weight excluding hydrogens is 292 g/mol. The SMILES string of the molecule is CCOC(=O)c1c(C)[nH]c(C(=O)[C@@H](C)[n+]2ccc(C)cc2)c1C. The van der Waals surface area contributed by atoms with Gasteiger partial charge in [-0.3, -0.25) is 4.79 Å². The number of esters is 1. The lowest BCUT2D eigenvalue weighted by Crippen LogP contribution is -2.41. The van der Waals surface area contributed by atoms with Crippen molar-refractivity contribution in [1.82, 2.24) is 4.98 Å². The van der Waals surface area contributed by atoms with Crippen molar-refractivity contribution in [3.8, 4) is 0 Å². The molecular formula is C18H23N2O3+. The van der Waals surface area contributed by atoms with Crippen LogP contribution in [-0.4, -0.2) is 23.3 Å². The molecule has 2 aromatic heterocycles. The molecule has 0 radical (unpaired) electrons. The van der Waals surface area contributed by atoms with Gasteiger partial charge in [-0.25, -0.2) is 4.79 Å². The zero-order valence-electron chi connectivity index (χ0n) is 14.3. The number of ketones is 1. The van der Waals surface area contributed by atoms with E-state index >= 15 is 0 Å². The first-order valence-corrected chi connectivity index (χ1v) is 7.74. The van der Waals surface area contributed by atoms with E-state index in [1.165, 1.54) is 0 Å². The molecule has 0 unspecified atom stereocenters. The highest BCUT2D eigenvalue weighted by Crippen LogP contribution is 2.21. The minimum atomic E-state index is -0.395. The maximum absolute atomic E-state index is 12.8. The number of rotatable bonds is 5. The summed E-state index contributed by atoms with van der Waals surface area (Å²) in [7, 11) is 0. The third-order valence-electron chi connectivity index (χ3n) is 4.01. The van der Waals surface area contributed by atoms with E-state index in [2.05, 4.69) is 4.98 Å². The number of pyridine rings is 1. The van der Waals surface area contributed by atoms with Gasteiger partial charge in [-0.2, -0.15) is 4.57 Å². The lowest BCUT2D eigenvalue weighted by Gasteiger charge is -2.06. The number of nitrogens with one attached hydrogen (secondary N) is 1. The van der Waals surface area contributed by atoms with Gasteiger partial charge in [0.2, 0.25) is 11.8 Å². The Bertz CT molecular complexity index is 729. The van der Waals surface area contributed by atoms with E-state index in [-0.39, 0.29) is 11.8 Å². The summed E-state index contributed by atoms with van der Waals surface area (Å²) < 4.78 is 6.92. The number of ether oxygens (including phenoxy) is 1. The standard InChI is InChI=1S/C18H22N2O3/c1-6-23-18(22)15-12(3)16(19-13(15)4)17(21)14(5)20-9-7-11(2)8-10-20/h7-10,14H,6H2,1-5H3/p+1/t14-/m1/s1. The summed E-state index contributed by atoms with van der Waals surface area (Å²) in [6, 6.07) is 3.56. The van der Waals surface area contributed by atoms with Crippen molar-refractivity contribution in [1.29, 1.82) is 0 Å². The number of carbonyl (C=O) groups is 2. The van der Waals surface area contributed by atoms with Crippen molar-refractivity contribution in [2.24, 2.45) is 0 Å². The molecule has 0 saturated carbocycles. The molecule has 0 saturated heterocycles. The van der Waals surface area contributed by atoms with Crippen LogP contribution in [0.2, 0.25) is 0 Å². The van der Waals surface area contributed by atoms with Crippen molar-refractivity contribution in [3.63, 3.8) is 0 Å². The van der Waals surface area contributed by atoms with Gasteiger partial charge < -0.3 is 9.72 Å². The van der Waals surface area contributed by atoms with Gasteiger partial charge in [-0.1, -0.05) is 0 Å². The molecule has 122 valence electrons. The highest BCUT2D eigenvalue weighted by Gasteiger charge is 2.29. The number of Topliss-reactive ketones (excluding diaryl/α,β-unsaturated/α-hetero) is 1. The van der Waals surface area contributed by atoms with Crippen molar-refractivity contribution in [2.45, 2.75) is 40.7 Å². The average Bonchev–Trinajstić information content (AvgIpc) is 2.81. The fourth-order valence-corrected chi connectivity index (χ4v) is 2.62. The summed E-state index contributed by atoms with van der Waals surface area (Å²) in [4.78, 5) is 27.9. The summed E-state index contributed by atoms with van der Waals surface area (Å²) in [5.74, 6) is -0.455. The Kier molecular flexibility index (Phi) is 4.98. The quantitative estimate of drug-likeness (QED) is 0.524. The van der Waals surface area contributed by atoms with Crippen LogP contribution in [0.5, 0.6) is 0 Å². The second-order valence-electron chi connectivity index (χ2n) is 5.71. The van der Waals surface area contributed by atoms with E-state index in [1.54, 1.807) is 20.8 Å². The Balaban J connectivity index is 2.34. The first-order chi connectivity index (χ1) is 10.9. The number of carbonyl (C=O) groups excluding carboxylic acids is 2. The fraction of sp³-hybridized carbons (Fsp3) is 0.389. The van der Waals surface area contributed by atoms with Gasteiger partial charge in [0.15, 0.2) is 12.4 Å². The predicted octanol–water partition coefficient (Wildman–Crippen LogP) is 2.85. The Morgan fingerprint density at radius 2 is 1.83 bits per heavy atom. The fourth-order valence-electron chi connectivity index (χ4n) is 2.62. The van der Waals surface area contributed by atoms with Crippen molar-refractivity contribution < 1.29 is 18.9 Å². The Morgan fingerprint density at radius 3 is 2.39 bits per heavy atom. The van der Waals surface area contributed by atoms with Gasteiger partial charge in [-0.15, -0.1) is 0 Å². The van der Waals surface area contributed by atoms with E-state index in [9.17, 15) is 9.59 Å². The summed E-state index contributed by atoms with van der Waals surface area (Å²) >= 11 is 0. The summed E-state index contributed by atoms with van der Waals surface area (Å²) in [6.45, 7) is 9.46. The largest absolute Gasteiger partial charge is 0.462 e. The molecule has 5 nitrogen and oxygen atoms in total. The molecule has 2 rings (SSSR count). The lowest BCUT2D eigenvalue weighted by molar-refractivity contribution is -0.704. The number of hydrogen-bond donors (Lipinski definition) is 1. The Hall–Kier alpha value is -2.43. The third-order valence-corrected chi connectivity index (χ3v) is 4.01. The maximum Gasteiger partial charge on any atom is 0.340 e. The van der Waals surface area contributed by atoms with Crippen LogP contribution in [0.3, 0.4) is 0 Å². The third kappa shape index (κ3) is 3.33. The molecule has 0 spiro atoms. The van der Waals surface area contributed by atoms with Gasteiger partial charge in [0.25, 0.3) is 0 Å². The molecule has 2 heterocycles. The molecule has 0 bridgehead atoms. The van der Waals surface area contributed by atoms with Gasteiger partial charge >= 0.3 is 5.97 Å². The van der Waals surface area contributed by atoms with E-state index in [0.717, 1.165) is 5.56 Å². The van der Waals surface area contributed by atoms with Gasteiger partial charge in [-0.05, 0) is 38.8 Å². The van der Waals surface area contributed by atoms with Crippen LogP contribution in [0.1, 0.15) is 57.6 Å². The highest BCUT2D eigenvalue weighted by atomic mass is 16.5. The Morgan fingerprint density at radius 1 is 1.22 bits per heavy atom. The zero-order chi connectivity index (χ0) is 17.1. The molecule has 0 aromatic carbocycles. The van der Waals surface area contributed by atoms with Crippen LogP contribution in [0.4, 0.5) is 0 Å². The average molecular weight is 315 g/mol. The van der Waals surface area contributed by atoms with Gasteiger partial charge in [0, 0.05) is 24.8 Å². The molecule has 5 heteroatoms. The summed E-state index contributed by atoms with van der Waals surface area (Å²) in [6.07, 6.45) is 3.77. The van der Waals surface area contributed by atoms with E-state index in [1.807, 2.05) is 42.9 Å². The lowest BCUT2D eigenvalue weighted by atomic mass is 10.0. The number of H-pyrrole nitrogens is 1. The number of aromatic nitrogens is 2. The van der Waals surface area contributed by atoms with Crippen LogP contribution in [0, 0.1) is 20.8 Å². The monoisotopic (exact) mass is 315 g/mol. The number of hydrogen-bond acceptors (Lipinski definition) is 3. The van der Waals surface area contributed by atoms with Crippen molar-refractivity contribution >= 4 is 11.8 Å². The smallest absolute Gasteiger partial charge is 0.340 e. The highest BCUT2D eigenvalue weighted by molar-refractivity contribution is 6.02. The van der Waals surface area contributed by atoms with Crippen LogP contribution in [-0.2, 0) is 4.74 Å². The zero-order valence-corrected chi connectivity index (χ0v) is 14.3. The maximum atomic E-state index is 12.8. The first kappa shape index (κ1) is 16.9. The second-order valence-corrected chi connectivity index (χ2v) is 5.71. The minimum Gasteiger partial charge on any atom is -0.462 e. The number of aryl methyl sites for hydroxylation is 2. The molecule has 1 N–H and O–H groups in total. The first-order valence-electron chi connectivity index (χ1n) is 7.74. The summed E-state index contributed by atoms with van der Waals surface area (Å²) in [5, 5.41) is 0. The van der Waals surface area contributed by atoms with Crippen LogP contribution < -0.4 is 4.57 Å². The van der Waals surface area contributed by atoms with Crippen molar-refractivity contribution in [2.75, 3.05) is 6.61 Å². The van der Waals surface area contributed by atoms with Crippen molar-refractivity contribution in [3.05, 3.63) is 52.6 Å². The molecule has 23 heavy (non-hydrogen) atoms. The molecule has 2 aromatic rings. The molecule has 1 atom stereocenters. The van der Waals surface area contributed by atoms with Gasteiger partial charge in [0.05, 0.1) is 17.9 Å². The van der Waals surface area contributed by atoms with E-state index in [4.69, 9.17) is 4.74 Å². The van der Waals surface area contributed by atoms with Gasteiger partial charge in [0.1, 0.15) is 0 Å². The molecule has 0 amide bonds. The molecule has 0 aliphatic heterocycles. The predicted molar refractivity (Wildman–Crippen MR) is 86.6 cm³/mol. The summed E-state index contributed by atoms with van der Waals surface area (Å²) in [5.41, 5.74) is 3.36. The molecule has 0 aliphatic carbocycles.